The molecule has 94 valence electrons. The Bertz CT molecular complexity index is 389. The molecule has 3 heteroatoms. The van der Waals surface area contributed by atoms with Gasteiger partial charge in [0.25, 0.3) is 0 Å². The standard InChI is InChI=1S/C14H19BrOS/c15-12-6-14(17-8-12)7-13(16)5-11-4-9-1-2-10(11)3-9/h6,8-11,13,16H,1-5,7H2. The molecule has 1 N–H and O–H groups in total. The molecule has 17 heavy (non-hydrogen) atoms. The van der Waals surface area contributed by atoms with Crippen molar-refractivity contribution in [2.45, 2.75) is 44.6 Å². The van der Waals surface area contributed by atoms with Crippen LogP contribution in [0.4, 0.5) is 0 Å². The molecule has 4 atom stereocenters. The molecule has 1 nitrogen and oxygen atoms in total. The van der Waals surface area contributed by atoms with E-state index >= 15 is 0 Å². The molecular weight excluding hydrogens is 296 g/mol. The molecule has 0 spiro atoms. The van der Waals surface area contributed by atoms with Crippen LogP contribution in [0.1, 0.15) is 37.0 Å². The number of rotatable bonds is 4. The Labute approximate surface area is 115 Å². The summed E-state index contributed by atoms with van der Waals surface area (Å²) in [6, 6.07) is 2.13. The second kappa shape index (κ2) is 5.02. The fraction of sp³-hybridized carbons (Fsp3) is 0.714. The van der Waals surface area contributed by atoms with Crippen molar-refractivity contribution in [3.63, 3.8) is 0 Å². The maximum Gasteiger partial charge on any atom is 0.0591 e. The SMILES string of the molecule is OC(Cc1cc(Br)cs1)CC1CC2CCC1C2. The number of hydrogen-bond acceptors (Lipinski definition) is 2. The average Bonchev–Trinajstić information content (AvgIpc) is 2.95. The van der Waals surface area contributed by atoms with Crippen LogP contribution in [0, 0.1) is 17.8 Å². The van der Waals surface area contributed by atoms with Gasteiger partial charge in [-0.05, 0) is 65.4 Å². The lowest BCUT2D eigenvalue weighted by molar-refractivity contribution is 0.125. The molecular formula is C14H19BrOS. The molecule has 2 bridgehead atoms. The van der Waals surface area contributed by atoms with E-state index in [0.717, 1.165) is 35.1 Å². The molecule has 2 saturated carbocycles. The first-order valence-electron chi connectivity index (χ1n) is 6.61. The predicted molar refractivity (Wildman–Crippen MR) is 75.3 cm³/mol. The van der Waals surface area contributed by atoms with Gasteiger partial charge in [0.1, 0.15) is 0 Å². The van der Waals surface area contributed by atoms with E-state index in [1.54, 1.807) is 11.3 Å². The van der Waals surface area contributed by atoms with E-state index in [9.17, 15) is 5.11 Å². The maximum absolute atomic E-state index is 10.2. The van der Waals surface area contributed by atoms with Gasteiger partial charge >= 0.3 is 0 Å². The normalized spacial score (nSPS) is 33.2. The van der Waals surface area contributed by atoms with E-state index in [-0.39, 0.29) is 6.10 Å². The van der Waals surface area contributed by atoms with Gasteiger partial charge in [0.05, 0.1) is 6.10 Å². The molecule has 0 aliphatic heterocycles. The van der Waals surface area contributed by atoms with Gasteiger partial charge in [0.2, 0.25) is 0 Å². The summed E-state index contributed by atoms with van der Waals surface area (Å²) < 4.78 is 1.14. The van der Waals surface area contributed by atoms with E-state index in [1.165, 1.54) is 30.6 Å². The third-order valence-corrected chi connectivity index (χ3v) is 6.24. The zero-order chi connectivity index (χ0) is 11.8. The van der Waals surface area contributed by atoms with Crippen LogP contribution >= 0.6 is 27.3 Å². The fourth-order valence-electron chi connectivity index (χ4n) is 3.79. The fourth-order valence-corrected chi connectivity index (χ4v) is 5.31. The average molecular weight is 315 g/mol. The van der Waals surface area contributed by atoms with Gasteiger partial charge in [-0.25, -0.2) is 0 Å². The van der Waals surface area contributed by atoms with Crippen molar-refractivity contribution in [1.29, 1.82) is 0 Å². The Hall–Kier alpha value is 0.140. The van der Waals surface area contributed by atoms with Crippen LogP contribution in [0.2, 0.25) is 0 Å². The highest BCUT2D eigenvalue weighted by Gasteiger charge is 2.39. The van der Waals surface area contributed by atoms with E-state index in [4.69, 9.17) is 0 Å². The molecule has 0 aromatic carbocycles. The zero-order valence-electron chi connectivity index (χ0n) is 9.94. The van der Waals surface area contributed by atoms with E-state index < -0.39 is 0 Å². The molecule has 2 fully saturated rings. The van der Waals surface area contributed by atoms with Crippen LogP contribution < -0.4 is 0 Å². The van der Waals surface area contributed by atoms with Crippen molar-refractivity contribution in [2.75, 3.05) is 0 Å². The van der Waals surface area contributed by atoms with Crippen LogP contribution in [0.15, 0.2) is 15.9 Å². The molecule has 1 aromatic heterocycles. The molecule has 0 saturated heterocycles. The second-order valence-electron chi connectivity index (χ2n) is 5.76. The highest BCUT2D eigenvalue weighted by molar-refractivity contribution is 9.10. The largest absolute Gasteiger partial charge is 0.393 e. The molecule has 3 rings (SSSR count). The van der Waals surface area contributed by atoms with Crippen LogP contribution in [-0.2, 0) is 6.42 Å². The van der Waals surface area contributed by atoms with Gasteiger partial charge < -0.3 is 5.11 Å². The maximum atomic E-state index is 10.2. The molecule has 1 heterocycles. The first kappa shape index (κ1) is 12.2. The third kappa shape index (κ3) is 2.77. The van der Waals surface area contributed by atoms with Gasteiger partial charge in [-0.3, -0.25) is 0 Å². The van der Waals surface area contributed by atoms with Gasteiger partial charge in [0.15, 0.2) is 0 Å². The Balaban J connectivity index is 1.52. The van der Waals surface area contributed by atoms with Crippen molar-refractivity contribution < 1.29 is 5.11 Å². The van der Waals surface area contributed by atoms with Crippen molar-refractivity contribution in [2.24, 2.45) is 17.8 Å². The summed E-state index contributed by atoms with van der Waals surface area (Å²) in [5, 5.41) is 12.3. The Morgan fingerprint density at radius 1 is 1.41 bits per heavy atom. The van der Waals surface area contributed by atoms with Crippen LogP contribution in [0.25, 0.3) is 0 Å². The van der Waals surface area contributed by atoms with Crippen molar-refractivity contribution in [3.8, 4) is 0 Å². The highest BCUT2D eigenvalue weighted by Crippen LogP contribution is 2.50. The van der Waals surface area contributed by atoms with Gasteiger partial charge in [-0.15, -0.1) is 11.3 Å². The molecule has 4 unspecified atom stereocenters. The topological polar surface area (TPSA) is 20.2 Å². The van der Waals surface area contributed by atoms with Gasteiger partial charge in [-0.1, -0.05) is 6.42 Å². The lowest BCUT2D eigenvalue weighted by atomic mass is 9.84. The monoisotopic (exact) mass is 314 g/mol. The van der Waals surface area contributed by atoms with E-state index in [2.05, 4.69) is 27.4 Å². The van der Waals surface area contributed by atoms with Crippen molar-refractivity contribution in [3.05, 3.63) is 20.8 Å². The highest BCUT2D eigenvalue weighted by atomic mass is 79.9. The summed E-state index contributed by atoms with van der Waals surface area (Å²) in [6.07, 6.45) is 7.44. The number of fused-ring (bicyclic) bond motifs is 2. The number of thiophene rings is 1. The Morgan fingerprint density at radius 3 is 2.88 bits per heavy atom. The summed E-state index contributed by atoms with van der Waals surface area (Å²) >= 11 is 5.21. The summed E-state index contributed by atoms with van der Waals surface area (Å²) in [5.74, 6) is 2.74. The lowest BCUT2D eigenvalue weighted by Gasteiger charge is -2.23. The molecule has 0 radical (unpaired) electrons. The summed E-state index contributed by atoms with van der Waals surface area (Å²) in [4.78, 5) is 1.30. The van der Waals surface area contributed by atoms with Crippen LogP contribution in [-0.4, -0.2) is 11.2 Å². The third-order valence-electron chi connectivity index (χ3n) is 4.52. The molecule has 0 amide bonds. The number of halogens is 1. The minimum atomic E-state index is -0.134. The first-order chi connectivity index (χ1) is 8.20. The second-order valence-corrected chi connectivity index (χ2v) is 7.67. The minimum Gasteiger partial charge on any atom is -0.393 e. The Morgan fingerprint density at radius 2 is 2.29 bits per heavy atom. The van der Waals surface area contributed by atoms with Crippen LogP contribution in [0.5, 0.6) is 0 Å². The molecule has 2 aliphatic rings. The summed E-state index contributed by atoms with van der Waals surface area (Å²) in [6.45, 7) is 0. The number of aliphatic hydroxyl groups excluding tert-OH is 1. The van der Waals surface area contributed by atoms with Crippen LogP contribution in [0.3, 0.4) is 0 Å². The minimum absolute atomic E-state index is 0.134. The smallest absolute Gasteiger partial charge is 0.0591 e. The number of aliphatic hydroxyl groups is 1. The van der Waals surface area contributed by atoms with Gasteiger partial charge in [-0.2, -0.15) is 0 Å². The molecule has 2 aliphatic carbocycles. The zero-order valence-corrected chi connectivity index (χ0v) is 12.3. The first-order valence-corrected chi connectivity index (χ1v) is 8.29. The summed E-state index contributed by atoms with van der Waals surface area (Å²) in [7, 11) is 0. The summed E-state index contributed by atoms with van der Waals surface area (Å²) in [5.41, 5.74) is 0. The Kier molecular flexibility index (Phi) is 3.60. The predicted octanol–water partition coefficient (Wildman–Crippen LogP) is 4.24. The van der Waals surface area contributed by atoms with Crippen molar-refractivity contribution in [1.82, 2.24) is 0 Å². The number of hydrogen-bond donors (Lipinski definition) is 1. The lowest BCUT2D eigenvalue weighted by Crippen LogP contribution is -2.19. The van der Waals surface area contributed by atoms with Crippen molar-refractivity contribution >= 4 is 27.3 Å². The quantitative estimate of drug-likeness (QED) is 0.881. The molecule has 1 aromatic rings. The van der Waals surface area contributed by atoms with E-state index in [0.29, 0.717) is 0 Å². The van der Waals surface area contributed by atoms with Gasteiger partial charge in [0, 0.05) is 21.2 Å². The van der Waals surface area contributed by atoms with E-state index in [1.807, 2.05) is 0 Å².